The van der Waals surface area contributed by atoms with E-state index in [0.29, 0.717) is 11.8 Å². The van der Waals surface area contributed by atoms with Crippen LogP contribution in [0.2, 0.25) is 0 Å². The molecule has 0 amide bonds. The molecule has 0 saturated heterocycles. The van der Waals surface area contributed by atoms with Gasteiger partial charge in [0.15, 0.2) is 12.4 Å². The third kappa shape index (κ3) is 1.52. The molecule has 1 aromatic carbocycles. The summed E-state index contributed by atoms with van der Waals surface area (Å²) in [6.45, 7) is 4.61. The number of nitrogens with zero attached hydrogens (tertiary/aromatic N) is 3. The van der Waals surface area contributed by atoms with Crippen LogP contribution in [0.4, 0.5) is 0 Å². The molecule has 5 rings (SSSR count). The Morgan fingerprint density at radius 3 is 2.16 bits per heavy atom. The maximum atomic E-state index is 12.0. The van der Waals surface area contributed by atoms with E-state index in [1.165, 1.54) is 18.4 Å². The van der Waals surface area contributed by atoms with Crippen LogP contribution in [0.15, 0.2) is 65.1 Å². The number of hydrogen-bond donors (Lipinski definition) is 0. The number of rotatable bonds is 2. The summed E-state index contributed by atoms with van der Waals surface area (Å²) in [6.07, 6.45) is 6.83. The monoisotopic (exact) mass is 333 g/mol. The SMILES string of the molecule is CC1(C)[C@]2(c3ccc[n+]([O-])c3)N=N[C@@]1(c1ccccc1)[C@H]1CCC[C@H]12. The first kappa shape index (κ1) is 15.1. The van der Waals surface area contributed by atoms with Crippen LogP contribution >= 0.6 is 0 Å². The minimum Gasteiger partial charge on any atom is -0.619 e. The molecule has 0 unspecified atom stereocenters. The predicted octanol–water partition coefficient (Wildman–Crippen LogP) is 4.33. The van der Waals surface area contributed by atoms with Gasteiger partial charge in [-0.15, -0.1) is 0 Å². The first-order valence-electron chi connectivity index (χ1n) is 9.23. The zero-order valence-electron chi connectivity index (χ0n) is 14.7. The van der Waals surface area contributed by atoms with Crippen LogP contribution in [-0.2, 0) is 11.1 Å². The van der Waals surface area contributed by atoms with Gasteiger partial charge in [0, 0.05) is 17.0 Å². The molecule has 2 aliphatic carbocycles. The lowest BCUT2D eigenvalue weighted by Crippen LogP contribution is -2.45. The van der Waals surface area contributed by atoms with E-state index in [9.17, 15) is 5.21 Å². The maximum Gasteiger partial charge on any atom is 0.186 e. The number of fused-ring (bicyclic) bond motifs is 5. The van der Waals surface area contributed by atoms with Gasteiger partial charge in [-0.05, 0) is 36.3 Å². The van der Waals surface area contributed by atoms with Crippen molar-refractivity contribution in [1.29, 1.82) is 0 Å². The molecule has 2 bridgehead atoms. The zero-order valence-corrected chi connectivity index (χ0v) is 14.7. The Kier molecular flexibility index (Phi) is 2.82. The molecule has 0 radical (unpaired) electrons. The van der Waals surface area contributed by atoms with E-state index in [4.69, 9.17) is 10.2 Å². The summed E-state index contributed by atoms with van der Waals surface area (Å²) in [5, 5.41) is 22.0. The van der Waals surface area contributed by atoms with Crippen LogP contribution in [0.25, 0.3) is 0 Å². The smallest absolute Gasteiger partial charge is 0.186 e. The van der Waals surface area contributed by atoms with Gasteiger partial charge in [0.2, 0.25) is 0 Å². The highest BCUT2D eigenvalue weighted by atomic mass is 16.5. The van der Waals surface area contributed by atoms with Gasteiger partial charge in [0.05, 0.1) is 0 Å². The fourth-order valence-electron chi connectivity index (χ4n) is 6.37. The highest BCUT2D eigenvalue weighted by molar-refractivity contribution is 5.44. The first-order valence-corrected chi connectivity index (χ1v) is 9.23. The second-order valence-electron chi connectivity index (χ2n) is 8.32. The Morgan fingerprint density at radius 2 is 1.52 bits per heavy atom. The van der Waals surface area contributed by atoms with E-state index in [-0.39, 0.29) is 11.0 Å². The van der Waals surface area contributed by atoms with Gasteiger partial charge in [-0.2, -0.15) is 15.0 Å². The van der Waals surface area contributed by atoms with E-state index < -0.39 is 5.54 Å². The molecule has 3 aliphatic rings. The standard InChI is InChI=1S/C21H23N3O/c1-19(2)20(15-8-4-3-5-9-15)17-11-6-12-18(17)21(19,23-22-20)16-10-7-13-24(25)14-16/h3-5,7-10,13-14,17-18H,6,11-12H2,1-2H3/t17-,18+,20-,21+/m0/s1. The van der Waals surface area contributed by atoms with Gasteiger partial charge in [0.1, 0.15) is 11.1 Å². The van der Waals surface area contributed by atoms with Gasteiger partial charge in [-0.3, -0.25) is 0 Å². The van der Waals surface area contributed by atoms with E-state index in [1.54, 1.807) is 12.4 Å². The van der Waals surface area contributed by atoms with Gasteiger partial charge >= 0.3 is 0 Å². The van der Waals surface area contributed by atoms with Gasteiger partial charge in [-0.25, -0.2) is 0 Å². The van der Waals surface area contributed by atoms with Crippen molar-refractivity contribution in [3.8, 4) is 0 Å². The predicted molar refractivity (Wildman–Crippen MR) is 94.7 cm³/mol. The lowest BCUT2D eigenvalue weighted by atomic mass is 9.61. The van der Waals surface area contributed by atoms with Gasteiger partial charge in [0.25, 0.3) is 0 Å². The average Bonchev–Trinajstić information content (AvgIpc) is 3.23. The van der Waals surface area contributed by atoms with Crippen LogP contribution in [0, 0.1) is 22.5 Å². The van der Waals surface area contributed by atoms with E-state index in [1.807, 2.05) is 6.07 Å². The molecular formula is C21H23N3O. The second-order valence-corrected chi connectivity index (χ2v) is 8.32. The molecule has 1 aliphatic heterocycles. The van der Waals surface area contributed by atoms with E-state index >= 15 is 0 Å². The van der Waals surface area contributed by atoms with E-state index in [2.05, 4.69) is 50.2 Å². The summed E-state index contributed by atoms with van der Waals surface area (Å²) in [6, 6.07) is 14.6. The molecule has 1 aromatic heterocycles. The van der Waals surface area contributed by atoms with E-state index in [0.717, 1.165) is 16.7 Å². The highest BCUT2D eigenvalue weighted by Gasteiger charge is 2.78. The van der Waals surface area contributed by atoms with Gasteiger partial charge in [-0.1, -0.05) is 50.6 Å². The average molecular weight is 333 g/mol. The lowest BCUT2D eigenvalue weighted by molar-refractivity contribution is -0.606. The van der Waals surface area contributed by atoms with Crippen LogP contribution in [0.3, 0.4) is 0 Å². The van der Waals surface area contributed by atoms with Crippen molar-refractivity contribution in [3.63, 3.8) is 0 Å². The van der Waals surface area contributed by atoms with Crippen molar-refractivity contribution >= 4 is 0 Å². The normalized spacial score (nSPS) is 37.4. The third-order valence-corrected chi connectivity index (χ3v) is 7.29. The van der Waals surface area contributed by atoms with Crippen LogP contribution < -0.4 is 4.73 Å². The molecule has 0 spiro atoms. The Morgan fingerprint density at radius 1 is 0.920 bits per heavy atom. The Bertz CT molecular complexity index is 862. The summed E-state index contributed by atoms with van der Waals surface area (Å²) in [5.41, 5.74) is 1.42. The van der Waals surface area contributed by atoms with Crippen molar-refractivity contribution in [1.82, 2.24) is 0 Å². The second kappa shape index (κ2) is 4.69. The van der Waals surface area contributed by atoms with Crippen molar-refractivity contribution < 1.29 is 4.73 Å². The molecule has 4 atom stereocenters. The lowest BCUT2D eigenvalue weighted by Gasteiger charge is -2.41. The molecule has 4 nitrogen and oxygen atoms in total. The first-order chi connectivity index (χ1) is 12.0. The van der Waals surface area contributed by atoms with Crippen LogP contribution in [0.5, 0.6) is 0 Å². The minimum atomic E-state index is -0.405. The molecule has 2 heterocycles. The summed E-state index contributed by atoms with van der Waals surface area (Å²) in [7, 11) is 0. The van der Waals surface area contributed by atoms with Crippen molar-refractivity contribution in [2.45, 2.75) is 44.2 Å². The largest absolute Gasteiger partial charge is 0.619 e. The number of benzene rings is 1. The molecular weight excluding hydrogens is 310 g/mol. The molecule has 128 valence electrons. The third-order valence-electron chi connectivity index (χ3n) is 7.29. The Labute approximate surface area is 148 Å². The summed E-state index contributed by atoms with van der Waals surface area (Å²) >= 11 is 0. The molecule has 2 saturated carbocycles. The number of aromatic nitrogens is 1. The zero-order chi connectivity index (χ0) is 17.3. The van der Waals surface area contributed by atoms with Crippen molar-refractivity contribution in [3.05, 3.63) is 71.2 Å². The van der Waals surface area contributed by atoms with Crippen LogP contribution in [-0.4, -0.2) is 0 Å². The summed E-state index contributed by atoms with van der Waals surface area (Å²) in [5.74, 6) is 0.935. The summed E-state index contributed by atoms with van der Waals surface area (Å²) < 4.78 is 0.903. The Hall–Kier alpha value is -2.23. The van der Waals surface area contributed by atoms with Crippen molar-refractivity contribution in [2.75, 3.05) is 0 Å². The molecule has 2 aromatic rings. The number of hydrogen-bond acceptors (Lipinski definition) is 3. The number of pyridine rings is 1. The fourth-order valence-corrected chi connectivity index (χ4v) is 6.37. The maximum absolute atomic E-state index is 12.0. The van der Waals surface area contributed by atoms with Crippen molar-refractivity contribution in [2.24, 2.45) is 27.5 Å². The molecule has 2 fully saturated rings. The highest BCUT2D eigenvalue weighted by Crippen LogP contribution is 2.77. The quantitative estimate of drug-likeness (QED) is 0.596. The van der Waals surface area contributed by atoms with Gasteiger partial charge < -0.3 is 5.21 Å². The van der Waals surface area contributed by atoms with Crippen LogP contribution in [0.1, 0.15) is 44.2 Å². The number of azo groups is 1. The topological polar surface area (TPSA) is 51.7 Å². The minimum absolute atomic E-state index is 0.175. The molecule has 0 N–H and O–H groups in total. The Balaban J connectivity index is 1.79. The summed E-state index contributed by atoms with van der Waals surface area (Å²) in [4.78, 5) is 0. The fraction of sp³-hybridized carbons (Fsp3) is 0.476. The molecule has 25 heavy (non-hydrogen) atoms. The molecule has 4 heteroatoms.